The predicted molar refractivity (Wildman–Crippen MR) is 97.3 cm³/mol. The minimum Gasteiger partial charge on any atom is -0.370 e. The lowest BCUT2D eigenvalue weighted by Gasteiger charge is -2.30. The molecule has 2 amide bonds. The van der Waals surface area contributed by atoms with Crippen LogP contribution in [0.4, 0.5) is 0 Å². The second-order valence-corrected chi connectivity index (χ2v) is 6.70. The normalized spacial score (nSPS) is 19.7. The van der Waals surface area contributed by atoms with Crippen molar-refractivity contribution in [2.75, 3.05) is 26.1 Å². The van der Waals surface area contributed by atoms with Gasteiger partial charge in [-0.05, 0) is 12.1 Å². The van der Waals surface area contributed by atoms with Gasteiger partial charge in [0, 0.05) is 7.11 Å². The number of rotatable bonds is 6. The molecule has 2 heterocycles. The molecular formula is C17H19N3O6S. The number of aromatic nitrogens is 2. The number of hydrogen-bond donors (Lipinski definition) is 2. The molecule has 27 heavy (non-hydrogen) atoms. The third kappa shape index (κ3) is 5.13. The first kappa shape index (κ1) is 19.5. The van der Waals surface area contributed by atoms with Crippen molar-refractivity contribution in [2.45, 2.75) is 24.0 Å². The molecule has 2 N–H and O–H groups in total. The summed E-state index contributed by atoms with van der Waals surface area (Å²) in [6.45, 7) is 0.756. The van der Waals surface area contributed by atoms with Gasteiger partial charge in [0.15, 0.2) is 11.4 Å². The lowest BCUT2D eigenvalue weighted by atomic mass is 10.2. The van der Waals surface area contributed by atoms with E-state index in [1.165, 1.54) is 7.11 Å². The van der Waals surface area contributed by atoms with E-state index >= 15 is 0 Å². The Kier molecular flexibility index (Phi) is 6.56. The molecule has 1 aromatic heterocycles. The molecule has 0 saturated carbocycles. The molecule has 10 heteroatoms. The van der Waals surface area contributed by atoms with Gasteiger partial charge in [0.1, 0.15) is 6.10 Å². The maximum absolute atomic E-state index is 12.0. The number of nitrogens with one attached hydrogen (secondary N) is 2. The van der Waals surface area contributed by atoms with E-state index in [1.54, 1.807) is 24.3 Å². The minimum absolute atomic E-state index is 0.0556. The van der Waals surface area contributed by atoms with Crippen LogP contribution < -0.4 is 10.9 Å². The number of fused-ring (bicyclic) bond motifs is 1. The van der Waals surface area contributed by atoms with Crippen LogP contribution in [0.15, 0.2) is 34.2 Å². The van der Waals surface area contributed by atoms with E-state index in [4.69, 9.17) is 14.2 Å². The second-order valence-electron chi connectivity index (χ2n) is 5.74. The number of amides is 2. The Morgan fingerprint density at radius 3 is 2.89 bits per heavy atom. The van der Waals surface area contributed by atoms with Crippen LogP contribution in [-0.4, -0.2) is 60.3 Å². The van der Waals surface area contributed by atoms with Crippen molar-refractivity contribution < 1.29 is 23.8 Å². The number of thioether (sulfide) groups is 1. The fourth-order valence-corrected chi connectivity index (χ4v) is 3.28. The molecule has 2 aromatic rings. The molecule has 1 fully saturated rings. The maximum Gasteiger partial charge on any atom is 0.259 e. The van der Waals surface area contributed by atoms with Crippen LogP contribution in [0.1, 0.15) is 6.42 Å². The van der Waals surface area contributed by atoms with Gasteiger partial charge in [-0.3, -0.25) is 19.7 Å². The predicted octanol–water partition coefficient (Wildman–Crippen LogP) is 0.436. The van der Waals surface area contributed by atoms with Crippen LogP contribution in [0.25, 0.3) is 10.9 Å². The summed E-state index contributed by atoms with van der Waals surface area (Å²) >= 11 is 1.04. The number of ether oxygens (including phenoxy) is 3. The van der Waals surface area contributed by atoms with Gasteiger partial charge < -0.3 is 19.2 Å². The van der Waals surface area contributed by atoms with Gasteiger partial charge in [-0.1, -0.05) is 23.9 Å². The molecule has 1 saturated heterocycles. The molecule has 1 aromatic carbocycles. The lowest BCUT2D eigenvalue weighted by Crippen LogP contribution is -2.44. The summed E-state index contributed by atoms with van der Waals surface area (Å²) in [5.74, 6) is -1.05. The van der Waals surface area contributed by atoms with Crippen LogP contribution in [0.5, 0.6) is 0 Å². The monoisotopic (exact) mass is 393 g/mol. The summed E-state index contributed by atoms with van der Waals surface area (Å²) < 4.78 is 15.9. The molecular weight excluding hydrogens is 374 g/mol. The van der Waals surface area contributed by atoms with E-state index in [1.807, 2.05) is 0 Å². The molecule has 144 valence electrons. The summed E-state index contributed by atoms with van der Waals surface area (Å²) in [7, 11) is 1.46. The Bertz CT molecular complexity index is 886. The van der Waals surface area contributed by atoms with Crippen LogP contribution >= 0.6 is 11.8 Å². The van der Waals surface area contributed by atoms with Crippen molar-refractivity contribution >= 4 is 34.5 Å². The molecule has 2 unspecified atom stereocenters. The second kappa shape index (κ2) is 9.09. The standard InChI is InChI=1S/C17H19N3O6S/c1-24-16-12(25-6-7-26-16)8-13(21)19-14(22)9-27-17-18-11-5-3-2-4-10(11)15(23)20-17/h2-5,12,16H,6-9H2,1H3,(H,18,20,23)(H,19,21,22). The molecule has 1 aliphatic heterocycles. The Morgan fingerprint density at radius 2 is 2.07 bits per heavy atom. The van der Waals surface area contributed by atoms with E-state index in [-0.39, 0.29) is 17.7 Å². The number of H-pyrrole nitrogens is 1. The molecule has 0 aliphatic carbocycles. The van der Waals surface area contributed by atoms with Crippen molar-refractivity contribution in [1.29, 1.82) is 0 Å². The van der Waals surface area contributed by atoms with Crippen LogP contribution in [0.2, 0.25) is 0 Å². The van der Waals surface area contributed by atoms with E-state index in [0.29, 0.717) is 29.3 Å². The number of nitrogens with zero attached hydrogens (tertiary/aromatic N) is 1. The summed E-state index contributed by atoms with van der Waals surface area (Å²) in [4.78, 5) is 42.9. The minimum atomic E-state index is -0.638. The van der Waals surface area contributed by atoms with Gasteiger partial charge in [-0.15, -0.1) is 0 Å². The van der Waals surface area contributed by atoms with Crippen LogP contribution in [0.3, 0.4) is 0 Å². The molecule has 3 rings (SSSR count). The molecule has 0 radical (unpaired) electrons. The Morgan fingerprint density at radius 1 is 1.30 bits per heavy atom. The maximum atomic E-state index is 12.0. The number of carbonyl (C=O) groups is 2. The Balaban J connectivity index is 1.52. The number of imide groups is 1. The van der Waals surface area contributed by atoms with E-state index in [9.17, 15) is 14.4 Å². The average molecular weight is 393 g/mol. The van der Waals surface area contributed by atoms with Gasteiger partial charge in [-0.25, -0.2) is 4.98 Å². The third-order valence-electron chi connectivity index (χ3n) is 3.83. The van der Waals surface area contributed by atoms with Gasteiger partial charge in [0.2, 0.25) is 11.8 Å². The zero-order chi connectivity index (χ0) is 19.2. The first-order valence-electron chi connectivity index (χ1n) is 8.27. The van der Waals surface area contributed by atoms with Gasteiger partial charge in [0.25, 0.3) is 5.56 Å². The molecule has 2 atom stereocenters. The molecule has 0 bridgehead atoms. The first-order valence-corrected chi connectivity index (χ1v) is 9.26. The summed E-state index contributed by atoms with van der Waals surface area (Å²) in [6, 6.07) is 6.92. The van der Waals surface area contributed by atoms with Crippen LogP contribution in [-0.2, 0) is 23.8 Å². The van der Waals surface area contributed by atoms with E-state index in [2.05, 4.69) is 15.3 Å². The van der Waals surface area contributed by atoms with Crippen molar-refractivity contribution in [1.82, 2.24) is 15.3 Å². The fraction of sp³-hybridized carbons (Fsp3) is 0.412. The Hall–Kier alpha value is -2.27. The summed E-state index contributed by atoms with van der Waals surface area (Å²) in [6.07, 6.45) is -1.26. The smallest absolute Gasteiger partial charge is 0.259 e. The number of benzene rings is 1. The summed E-state index contributed by atoms with van der Waals surface area (Å²) in [5.41, 5.74) is 0.264. The van der Waals surface area contributed by atoms with Crippen molar-refractivity contribution in [3.63, 3.8) is 0 Å². The lowest BCUT2D eigenvalue weighted by molar-refractivity contribution is -0.238. The highest BCUT2D eigenvalue weighted by atomic mass is 32.2. The van der Waals surface area contributed by atoms with Gasteiger partial charge >= 0.3 is 0 Å². The topological polar surface area (TPSA) is 120 Å². The largest absolute Gasteiger partial charge is 0.370 e. The van der Waals surface area contributed by atoms with Gasteiger partial charge in [-0.2, -0.15) is 0 Å². The zero-order valence-corrected chi connectivity index (χ0v) is 15.4. The van der Waals surface area contributed by atoms with E-state index in [0.717, 1.165) is 11.8 Å². The third-order valence-corrected chi connectivity index (χ3v) is 4.70. The SMILES string of the molecule is COC1OCCOC1CC(=O)NC(=O)CSc1nc2ccccc2c(=O)[nH]1. The quantitative estimate of drug-likeness (QED) is 0.536. The number of methoxy groups -OCH3 is 1. The highest BCUT2D eigenvalue weighted by Gasteiger charge is 2.29. The fourth-order valence-electron chi connectivity index (χ4n) is 2.62. The summed E-state index contributed by atoms with van der Waals surface area (Å²) in [5, 5.41) is 3.07. The number of hydrogen-bond acceptors (Lipinski definition) is 8. The van der Waals surface area contributed by atoms with Crippen molar-refractivity contribution in [3.8, 4) is 0 Å². The highest BCUT2D eigenvalue weighted by Crippen LogP contribution is 2.16. The molecule has 0 spiro atoms. The van der Waals surface area contributed by atoms with Gasteiger partial charge in [0.05, 0.1) is 36.3 Å². The van der Waals surface area contributed by atoms with Crippen molar-refractivity contribution in [2.24, 2.45) is 0 Å². The number of para-hydroxylation sites is 1. The molecule has 9 nitrogen and oxygen atoms in total. The average Bonchev–Trinajstić information content (AvgIpc) is 2.67. The highest BCUT2D eigenvalue weighted by molar-refractivity contribution is 7.99. The Labute approximate surface area is 158 Å². The van der Waals surface area contributed by atoms with E-state index < -0.39 is 24.2 Å². The number of aromatic amines is 1. The first-order chi connectivity index (χ1) is 13.1. The molecule has 1 aliphatic rings. The zero-order valence-electron chi connectivity index (χ0n) is 14.6. The number of carbonyl (C=O) groups excluding carboxylic acids is 2. The van der Waals surface area contributed by atoms with Crippen molar-refractivity contribution in [3.05, 3.63) is 34.6 Å². The van der Waals surface area contributed by atoms with Crippen LogP contribution in [0, 0.1) is 0 Å².